The zero-order valence-electron chi connectivity index (χ0n) is 11.7. The molecular formula is C14H16N4O3. The number of nitro benzene ring substituents is 1. The molecule has 1 fully saturated rings. The molecule has 1 N–H and O–H groups in total. The van der Waals surface area contributed by atoms with E-state index in [2.05, 4.69) is 15.5 Å². The first-order valence-corrected chi connectivity index (χ1v) is 6.94. The van der Waals surface area contributed by atoms with E-state index in [0.29, 0.717) is 24.2 Å². The lowest BCUT2D eigenvalue weighted by molar-refractivity contribution is -0.384. The van der Waals surface area contributed by atoms with Gasteiger partial charge in [0, 0.05) is 36.7 Å². The molecule has 0 atom stereocenters. The number of hydrogen-bond acceptors (Lipinski definition) is 6. The summed E-state index contributed by atoms with van der Waals surface area (Å²) in [6.45, 7) is 2.62. The summed E-state index contributed by atoms with van der Waals surface area (Å²) in [7, 11) is 0. The summed E-state index contributed by atoms with van der Waals surface area (Å²) in [5, 5.41) is 22.2. The number of aromatic nitrogens is 2. The molecule has 1 heterocycles. The number of non-ortho nitro benzene ring substituents is 1. The fraction of sp³-hybridized carbons (Fsp3) is 0.429. The average molecular weight is 288 g/mol. The van der Waals surface area contributed by atoms with Gasteiger partial charge >= 0.3 is 0 Å². The molecule has 0 amide bonds. The third-order valence-electron chi connectivity index (χ3n) is 3.47. The van der Waals surface area contributed by atoms with Gasteiger partial charge in [-0.05, 0) is 31.4 Å². The maximum Gasteiger partial charge on any atom is 0.269 e. The molecule has 2 aromatic rings. The molecule has 0 aliphatic heterocycles. The zero-order chi connectivity index (χ0) is 14.8. The van der Waals surface area contributed by atoms with Crippen molar-refractivity contribution in [1.29, 1.82) is 0 Å². The van der Waals surface area contributed by atoms with Crippen molar-refractivity contribution >= 4 is 5.69 Å². The fourth-order valence-corrected chi connectivity index (χ4v) is 2.14. The van der Waals surface area contributed by atoms with Gasteiger partial charge in [0.2, 0.25) is 11.8 Å². The molecule has 1 aromatic carbocycles. The minimum Gasteiger partial charge on any atom is -0.421 e. The van der Waals surface area contributed by atoms with E-state index < -0.39 is 4.92 Å². The maximum absolute atomic E-state index is 10.7. The van der Waals surface area contributed by atoms with E-state index >= 15 is 0 Å². The molecule has 0 unspecified atom stereocenters. The second kappa shape index (κ2) is 5.61. The van der Waals surface area contributed by atoms with Crippen LogP contribution in [0.15, 0.2) is 22.6 Å². The molecule has 1 aliphatic carbocycles. The Morgan fingerprint density at radius 2 is 2.24 bits per heavy atom. The van der Waals surface area contributed by atoms with E-state index in [9.17, 15) is 10.1 Å². The molecule has 1 saturated carbocycles. The van der Waals surface area contributed by atoms with E-state index in [1.54, 1.807) is 13.0 Å². The Morgan fingerprint density at radius 1 is 1.43 bits per heavy atom. The van der Waals surface area contributed by atoms with Crippen LogP contribution in [0.25, 0.3) is 11.5 Å². The van der Waals surface area contributed by atoms with Gasteiger partial charge in [-0.25, -0.2) is 0 Å². The number of hydrogen-bond donors (Lipinski definition) is 1. The zero-order valence-corrected chi connectivity index (χ0v) is 11.7. The van der Waals surface area contributed by atoms with E-state index in [4.69, 9.17) is 4.42 Å². The lowest BCUT2D eigenvalue weighted by atomic mass is 10.1. The van der Waals surface area contributed by atoms with Crippen LogP contribution in [0.2, 0.25) is 0 Å². The van der Waals surface area contributed by atoms with Crippen LogP contribution in [0.5, 0.6) is 0 Å². The second-order valence-electron chi connectivity index (χ2n) is 5.24. The van der Waals surface area contributed by atoms with Gasteiger partial charge in [0.25, 0.3) is 5.69 Å². The molecule has 0 bridgehead atoms. The first-order chi connectivity index (χ1) is 10.1. The Labute approximate surface area is 121 Å². The molecule has 0 spiro atoms. The van der Waals surface area contributed by atoms with Crippen LogP contribution in [0, 0.1) is 17.0 Å². The van der Waals surface area contributed by atoms with Crippen LogP contribution in [-0.4, -0.2) is 27.7 Å². The molecule has 1 aliphatic rings. The maximum atomic E-state index is 10.7. The number of rotatable bonds is 6. The van der Waals surface area contributed by atoms with E-state index in [1.807, 2.05) is 0 Å². The van der Waals surface area contributed by atoms with Crippen molar-refractivity contribution in [2.24, 2.45) is 0 Å². The van der Waals surface area contributed by atoms with E-state index in [-0.39, 0.29) is 5.69 Å². The van der Waals surface area contributed by atoms with Crippen LogP contribution in [0.3, 0.4) is 0 Å². The van der Waals surface area contributed by atoms with Gasteiger partial charge in [-0.2, -0.15) is 0 Å². The SMILES string of the molecule is Cc1cc([N+](=O)[O-])ccc1-c1nnc(CCNC2CC2)o1. The molecule has 7 nitrogen and oxygen atoms in total. The lowest BCUT2D eigenvalue weighted by Gasteiger charge is -2.00. The Hall–Kier alpha value is -2.28. The van der Waals surface area contributed by atoms with Crippen LogP contribution in [0.4, 0.5) is 5.69 Å². The first kappa shape index (κ1) is 13.7. The standard InChI is InChI=1S/C14H16N4O3/c1-9-8-11(18(19)20)4-5-12(9)14-17-16-13(21-14)6-7-15-10-2-3-10/h4-5,8,10,15H,2-3,6-7H2,1H3. The molecule has 0 saturated heterocycles. The topological polar surface area (TPSA) is 94.1 Å². The fourth-order valence-electron chi connectivity index (χ4n) is 2.14. The molecular weight excluding hydrogens is 272 g/mol. The smallest absolute Gasteiger partial charge is 0.269 e. The number of nitro groups is 1. The molecule has 3 rings (SSSR count). The number of nitrogens with zero attached hydrogens (tertiary/aromatic N) is 3. The van der Waals surface area contributed by atoms with Crippen molar-refractivity contribution in [2.45, 2.75) is 32.2 Å². The lowest BCUT2D eigenvalue weighted by Crippen LogP contribution is -2.19. The number of benzene rings is 1. The Morgan fingerprint density at radius 3 is 2.90 bits per heavy atom. The predicted molar refractivity (Wildman–Crippen MR) is 75.9 cm³/mol. The normalized spacial score (nSPS) is 14.3. The quantitative estimate of drug-likeness (QED) is 0.647. The van der Waals surface area contributed by atoms with Gasteiger partial charge in [-0.15, -0.1) is 10.2 Å². The predicted octanol–water partition coefficient (Wildman–Crippen LogP) is 2.25. The van der Waals surface area contributed by atoms with Crippen LogP contribution in [-0.2, 0) is 6.42 Å². The van der Waals surface area contributed by atoms with Crippen molar-refractivity contribution in [2.75, 3.05) is 6.54 Å². The Bertz CT molecular complexity index is 664. The van der Waals surface area contributed by atoms with Gasteiger partial charge in [0.1, 0.15) is 0 Å². The third-order valence-corrected chi connectivity index (χ3v) is 3.47. The number of aryl methyl sites for hydroxylation is 1. The van der Waals surface area contributed by atoms with Gasteiger partial charge in [-0.3, -0.25) is 10.1 Å². The van der Waals surface area contributed by atoms with Gasteiger partial charge in [-0.1, -0.05) is 0 Å². The molecule has 7 heteroatoms. The molecule has 1 aromatic heterocycles. The largest absolute Gasteiger partial charge is 0.421 e. The highest BCUT2D eigenvalue weighted by Crippen LogP contribution is 2.26. The minimum absolute atomic E-state index is 0.0598. The average Bonchev–Trinajstić information content (AvgIpc) is 3.16. The first-order valence-electron chi connectivity index (χ1n) is 6.94. The highest BCUT2D eigenvalue weighted by atomic mass is 16.6. The summed E-state index contributed by atoms with van der Waals surface area (Å²) in [4.78, 5) is 10.3. The minimum atomic E-state index is -0.417. The second-order valence-corrected chi connectivity index (χ2v) is 5.24. The third kappa shape index (κ3) is 3.25. The summed E-state index contributed by atoms with van der Waals surface area (Å²) in [6.07, 6.45) is 3.18. The van der Waals surface area contributed by atoms with E-state index in [1.165, 1.54) is 25.0 Å². The Kier molecular flexibility index (Phi) is 3.66. The van der Waals surface area contributed by atoms with Gasteiger partial charge in [0.15, 0.2) is 0 Å². The molecule has 0 radical (unpaired) electrons. The van der Waals surface area contributed by atoms with Crippen molar-refractivity contribution in [3.8, 4) is 11.5 Å². The van der Waals surface area contributed by atoms with Gasteiger partial charge < -0.3 is 9.73 Å². The summed E-state index contributed by atoms with van der Waals surface area (Å²) >= 11 is 0. The van der Waals surface area contributed by atoms with Crippen molar-refractivity contribution < 1.29 is 9.34 Å². The van der Waals surface area contributed by atoms with Crippen molar-refractivity contribution in [3.63, 3.8) is 0 Å². The highest BCUT2D eigenvalue weighted by Gasteiger charge is 2.20. The summed E-state index contributed by atoms with van der Waals surface area (Å²) in [6, 6.07) is 5.26. The molecule has 110 valence electrons. The monoisotopic (exact) mass is 288 g/mol. The summed E-state index contributed by atoms with van der Waals surface area (Å²) in [5.74, 6) is 0.986. The Balaban J connectivity index is 1.71. The molecule has 21 heavy (non-hydrogen) atoms. The number of nitrogens with one attached hydrogen (secondary N) is 1. The highest BCUT2D eigenvalue weighted by molar-refractivity contribution is 5.60. The van der Waals surface area contributed by atoms with Crippen LogP contribution >= 0.6 is 0 Å². The van der Waals surface area contributed by atoms with Crippen LogP contribution < -0.4 is 5.32 Å². The van der Waals surface area contributed by atoms with Crippen molar-refractivity contribution in [1.82, 2.24) is 15.5 Å². The van der Waals surface area contributed by atoms with Crippen molar-refractivity contribution in [3.05, 3.63) is 39.8 Å². The van der Waals surface area contributed by atoms with Gasteiger partial charge in [0.05, 0.1) is 4.92 Å². The van der Waals surface area contributed by atoms with Crippen LogP contribution in [0.1, 0.15) is 24.3 Å². The van der Waals surface area contributed by atoms with E-state index in [0.717, 1.165) is 17.7 Å². The summed E-state index contributed by atoms with van der Waals surface area (Å²) < 4.78 is 5.62. The summed E-state index contributed by atoms with van der Waals surface area (Å²) in [5.41, 5.74) is 1.54.